The average molecular weight is 429 g/mol. The van der Waals surface area contributed by atoms with Crippen LogP contribution >= 0.6 is 0 Å². The van der Waals surface area contributed by atoms with Crippen LogP contribution in [-0.4, -0.2) is 39.9 Å². The number of hydrogen-bond acceptors (Lipinski definition) is 4. The highest BCUT2D eigenvalue weighted by molar-refractivity contribution is 5.80. The lowest BCUT2D eigenvalue weighted by Crippen LogP contribution is -2.38. The number of hydrogen-bond donors (Lipinski definition) is 3. The molecule has 1 saturated carbocycles. The van der Waals surface area contributed by atoms with E-state index in [1.807, 2.05) is 25.1 Å². The Bertz CT molecular complexity index is 853. The summed E-state index contributed by atoms with van der Waals surface area (Å²) in [6.07, 6.45) is 2.37. The third kappa shape index (κ3) is 7.43. The van der Waals surface area contributed by atoms with Crippen molar-refractivity contribution in [3.05, 3.63) is 59.4 Å². The quantitative estimate of drug-likeness (QED) is 0.286. The molecular formula is C24H33FN4O2. The molecule has 1 aliphatic carbocycles. The van der Waals surface area contributed by atoms with Gasteiger partial charge in [0.15, 0.2) is 17.5 Å². The van der Waals surface area contributed by atoms with Crippen LogP contribution in [-0.2, 0) is 11.3 Å². The molecule has 1 aliphatic rings. The molecule has 1 unspecified atom stereocenters. The molecule has 0 aromatic heterocycles. The molecule has 2 aromatic carbocycles. The maximum Gasteiger partial charge on any atom is 0.191 e. The molecule has 0 radical (unpaired) electrons. The number of rotatable bonds is 11. The summed E-state index contributed by atoms with van der Waals surface area (Å²) < 4.78 is 25.0. The number of nitrogens with zero attached hydrogens (tertiary/aromatic N) is 1. The zero-order chi connectivity index (χ0) is 22.1. The van der Waals surface area contributed by atoms with E-state index in [1.54, 1.807) is 20.2 Å². The Labute approximate surface area is 184 Å². The van der Waals surface area contributed by atoms with Crippen molar-refractivity contribution >= 4 is 11.6 Å². The summed E-state index contributed by atoms with van der Waals surface area (Å²) in [5, 5.41) is 9.91. The molecule has 31 heavy (non-hydrogen) atoms. The number of aliphatic imine (C=N–C) groups is 1. The highest BCUT2D eigenvalue weighted by Gasteiger charge is 2.22. The van der Waals surface area contributed by atoms with E-state index in [4.69, 9.17) is 9.47 Å². The summed E-state index contributed by atoms with van der Waals surface area (Å²) in [6, 6.07) is 13.2. The molecule has 0 aliphatic heterocycles. The van der Waals surface area contributed by atoms with Gasteiger partial charge in [0, 0.05) is 32.9 Å². The second kappa shape index (κ2) is 11.6. The first-order chi connectivity index (χ1) is 15.1. The lowest BCUT2D eigenvalue weighted by molar-refractivity contribution is 0.211. The lowest BCUT2D eigenvalue weighted by Gasteiger charge is -2.19. The van der Waals surface area contributed by atoms with E-state index >= 15 is 0 Å². The Balaban J connectivity index is 1.48. The minimum absolute atomic E-state index is 0.106. The molecule has 3 N–H and O–H groups in total. The van der Waals surface area contributed by atoms with E-state index in [1.165, 1.54) is 18.9 Å². The minimum atomic E-state index is -0.325. The molecule has 0 amide bonds. The number of ether oxygens (including phenoxy) is 2. The van der Waals surface area contributed by atoms with Gasteiger partial charge in [-0.25, -0.2) is 4.39 Å². The summed E-state index contributed by atoms with van der Waals surface area (Å²) in [4.78, 5) is 4.28. The SMILES string of the molecule is CN=C(NCc1ccc(NCCOC)cc1)NC(C)c1ccc(OCC2CC2)c(F)c1. The Morgan fingerprint density at radius 2 is 1.97 bits per heavy atom. The van der Waals surface area contributed by atoms with Crippen molar-refractivity contribution in [3.63, 3.8) is 0 Å². The topological polar surface area (TPSA) is 66.9 Å². The molecule has 1 fully saturated rings. The molecular weight excluding hydrogens is 395 g/mol. The van der Waals surface area contributed by atoms with Crippen molar-refractivity contribution < 1.29 is 13.9 Å². The molecule has 0 spiro atoms. The van der Waals surface area contributed by atoms with E-state index in [9.17, 15) is 4.39 Å². The zero-order valence-corrected chi connectivity index (χ0v) is 18.6. The number of anilines is 1. The number of methoxy groups -OCH3 is 1. The maximum atomic E-state index is 14.4. The molecule has 6 nitrogen and oxygen atoms in total. The van der Waals surface area contributed by atoms with Crippen molar-refractivity contribution in [1.82, 2.24) is 10.6 Å². The van der Waals surface area contributed by atoms with Gasteiger partial charge in [-0.1, -0.05) is 18.2 Å². The van der Waals surface area contributed by atoms with E-state index < -0.39 is 0 Å². The van der Waals surface area contributed by atoms with Gasteiger partial charge in [-0.15, -0.1) is 0 Å². The van der Waals surface area contributed by atoms with Crippen LogP contribution in [0.1, 0.15) is 36.9 Å². The van der Waals surface area contributed by atoms with Crippen molar-refractivity contribution in [2.75, 3.05) is 39.2 Å². The lowest BCUT2D eigenvalue weighted by atomic mass is 10.1. The van der Waals surface area contributed by atoms with Crippen LogP contribution in [0.2, 0.25) is 0 Å². The number of guanidine groups is 1. The highest BCUT2D eigenvalue weighted by atomic mass is 19.1. The fourth-order valence-corrected chi connectivity index (χ4v) is 3.10. The summed E-state index contributed by atoms with van der Waals surface area (Å²) in [5.41, 5.74) is 3.03. The van der Waals surface area contributed by atoms with Crippen molar-refractivity contribution in [3.8, 4) is 5.75 Å². The van der Waals surface area contributed by atoms with Crippen molar-refractivity contribution in [1.29, 1.82) is 0 Å². The van der Waals surface area contributed by atoms with Crippen LogP contribution in [0.3, 0.4) is 0 Å². The third-order valence-electron chi connectivity index (χ3n) is 5.25. The normalized spacial score (nSPS) is 14.8. The molecule has 168 valence electrons. The summed E-state index contributed by atoms with van der Waals surface area (Å²) >= 11 is 0. The standard InChI is InChI=1S/C24H33FN4O2/c1-17(20-8-11-23(22(25)14-20)31-16-19-4-5-19)29-24(26-2)28-15-18-6-9-21(10-7-18)27-12-13-30-3/h6-11,14,17,19,27H,4-5,12-13,15-16H2,1-3H3,(H2,26,28,29). The summed E-state index contributed by atoms with van der Waals surface area (Å²) in [5.74, 6) is 1.25. The Hall–Kier alpha value is -2.80. The molecule has 7 heteroatoms. The maximum absolute atomic E-state index is 14.4. The van der Waals surface area contributed by atoms with Crippen LogP contribution in [0.5, 0.6) is 5.75 Å². The smallest absolute Gasteiger partial charge is 0.191 e. The van der Waals surface area contributed by atoms with Gasteiger partial charge in [-0.05, 0) is 61.1 Å². The Kier molecular flexibility index (Phi) is 8.53. The van der Waals surface area contributed by atoms with Gasteiger partial charge in [0.1, 0.15) is 0 Å². The fraction of sp³-hybridized carbons (Fsp3) is 0.458. The number of nitrogens with one attached hydrogen (secondary N) is 3. The molecule has 0 saturated heterocycles. The van der Waals surface area contributed by atoms with Gasteiger partial charge in [-0.2, -0.15) is 0 Å². The van der Waals surface area contributed by atoms with E-state index in [2.05, 4.69) is 33.1 Å². The van der Waals surface area contributed by atoms with Crippen LogP contribution in [0.25, 0.3) is 0 Å². The number of halogens is 1. The van der Waals surface area contributed by atoms with E-state index in [0.717, 1.165) is 23.4 Å². The molecule has 2 aromatic rings. The van der Waals surface area contributed by atoms with Crippen LogP contribution in [0, 0.1) is 11.7 Å². The fourth-order valence-electron chi connectivity index (χ4n) is 3.10. The van der Waals surface area contributed by atoms with Crippen LogP contribution in [0.15, 0.2) is 47.5 Å². The second-order valence-electron chi connectivity index (χ2n) is 7.85. The number of benzene rings is 2. The third-order valence-corrected chi connectivity index (χ3v) is 5.25. The van der Waals surface area contributed by atoms with E-state index in [-0.39, 0.29) is 11.9 Å². The molecule has 3 rings (SSSR count). The first-order valence-electron chi connectivity index (χ1n) is 10.8. The van der Waals surface area contributed by atoms with Gasteiger partial charge in [0.05, 0.1) is 19.3 Å². The largest absolute Gasteiger partial charge is 0.490 e. The average Bonchev–Trinajstić information content (AvgIpc) is 3.61. The van der Waals surface area contributed by atoms with Crippen molar-refractivity contribution in [2.45, 2.75) is 32.4 Å². The molecule has 0 bridgehead atoms. The zero-order valence-electron chi connectivity index (χ0n) is 18.6. The summed E-state index contributed by atoms with van der Waals surface area (Å²) in [7, 11) is 3.41. The van der Waals surface area contributed by atoms with E-state index in [0.29, 0.717) is 37.4 Å². The van der Waals surface area contributed by atoms with Crippen molar-refractivity contribution in [2.24, 2.45) is 10.9 Å². The molecule has 0 heterocycles. The molecule has 1 atom stereocenters. The first-order valence-corrected chi connectivity index (χ1v) is 10.8. The van der Waals surface area contributed by atoms with Gasteiger partial charge in [0.2, 0.25) is 0 Å². The highest BCUT2D eigenvalue weighted by Crippen LogP contribution is 2.30. The first kappa shape index (κ1) is 22.9. The Morgan fingerprint density at radius 1 is 1.19 bits per heavy atom. The van der Waals surface area contributed by atoms with Gasteiger partial charge in [-0.3, -0.25) is 4.99 Å². The minimum Gasteiger partial charge on any atom is -0.490 e. The van der Waals surface area contributed by atoms with Crippen LogP contribution < -0.4 is 20.7 Å². The Morgan fingerprint density at radius 3 is 2.61 bits per heavy atom. The monoisotopic (exact) mass is 428 g/mol. The van der Waals surface area contributed by atoms with Gasteiger partial charge in [0.25, 0.3) is 0 Å². The van der Waals surface area contributed by atoms with Crippen LogP contribution in [0.4, 0.5) is 10.1 Å². The van der Waals surface area contributed by atoms with Gasteiger partial charge < -0.3 is 25.4 Å². The predicted octanol–water partition coefficient (Wildman–Crippen LogP) is 4.10. The second-order valence-corrected chi connectivity index (χ2v) is 7.85. The van der Waals surface area contributed by atoms with Gasteiger partial charge >= 0.3 is 0 Å². The predicted molar refractivity (Wildman–Crippen MR) is 123 cm³/mol. The summed E-state index contributed by atoms with van der Waals surface area (Å²) in [6.45, 7) is 4.66.